The third-order valence-corrected chi connectivity index (χ3v) is 3.91. The van der Waals surface area contributed by atoms with Gasteiger partial charge in [0.1, 0.15) is 6.04 Å². The molecule has 0 aliphatic rings. The SMILES string of the molecule is COC(=O)[C@@H](C)CN(C)C(=O)[C@@H](c1cc(Cl)cc(Cl)c1)N(C)C. The van der Waals surface area contributed by atoms with Crippen LogP contribution < -0.4 is 0 Å². The van der Waals surface area contributed by atoms with Crippen molar-refractivity contribution in [3.05, 3.63) is 33.8 Å². The van der Waals surface area contributed by atoms with Gasteiger partial charge >= 0.3 is 5.97 Å². The van der Waals surface area contributed by atoms with Crippen molar-refractivity contribution < 1.29 is 14.3 Å². The Kier molecular flexibility index (Phi) is 7.32. The number of hydrogen-bond acceptors (Lipinski definition) is 4. The predicted molar refractivity (Wildman–Crippen MR) is 91.7 cm³/mol. The minimum Gasteiger partial charge on any atom is -0.469 e. The van der Waals surface area contributed by atoms with Gasteiger partial charge in [-0.05, 0) is 37.9 Å². The number of rotatable bonds is 6. The Morgan fingerprint density at radius 2 is 1.65 bits per heavy atom. The molecule has 5 nitrogen and oxygen atoms in total. The summed E-state index contributed by atoms with van der Waals surface area (Å²) in [6.45, 7) is 1.99. The topological polar surface area (TPSA) is 49.9 Å². The third-order valence-electron chi connectivity index (χ3n) is 3.48. The lowest BCUT2D eigenvalue weighted by molar-refractivity contribution is -0.146. The average molecular weight is 361 g/mol. The highest BCUT2D eigenvalue weighted by Crippen LogP contribution is 2.27. The van der Waals surface area contributed by atoms with Gasteiger partial charge in [-0.1, -0.05) is 30.1 Å². The zero-order valence-electron chi connectivity index (χ0n) is 14.0. The number of hydrogen-bond donors (Lipinski definition) is 0. The van der Waals surface area contributed by atoms with Crippen LogP contribution in [0.5, 0.6) is 0 Å². The molecule has 128 valence electrons. The van der Waals surface area contributed by atoms with Crippen LogP contribution in [0.1, 0.15) is 18.5 Å². The zero-order valence-corrected chi connectivity index (χ0v) is 15.5. The summed E-state index contributed by atoms with van der Waals surface area (Å²) in [5.74, 6) is -0.902. The molecule has 1 aromatic rings. The zero-order chi connectivity index (χ0) is 17.7. The molecule has 2 atom stereocenters. The van der Waals surface area contributed by atoms with Crippen molar-refractivity contribution in [3.63, 3.8) is 0 Å². The molecule has 7 heteroatoms. The number of nitrogens with zero attached hydrogens (tertiary/aromatic N) is 2. The fraction of sp³-hybridized carbons (Fsp3) is 0.500. The maximum absolute atomic E-state index is 12.8. The molecule has 0 aliphatic carbocycles. The molecule has 0 aromatic heterocycles. The second kappa shape index (κ2) is 8.52. The van der Waals surface area contributed by atoms with E-state index in [2.05, 4.69) is 0 Å². The molecule has 0 aliphatic heterocycles. The van der Waals surface area contributed by atoms with E-state index in [9.17, 15) is 9.59 Å². The second-order valence-electron chi connectivity index (χ2n) is 5.71. The van der Waals surface area contributed by atoms with Gasteiger partial charge in [-0.25, -0.2) is 0 Å². The van der Waals surface area contributed by atoms with E-state index in [1.165, 1.54) is 12.0 Å². The second-order valence-corrected chi connectivity index (χ2v) is 6.58. The van der Waals surface area contributed by atoms with Crippen molar-refractivity contribution >= 4 is 35.1 Å². The largest absolute Gasteiger partial charge is 0.469 e. The lowest BCUT2D eigenvalue weighted by atomic mass is 10.0. The van der Waals surface area contributed by atoms with E-state index in [1.54, 1.807) is 51.2 Å². The Bertz CT molecular complexity index is 558. The van der Waals surface area contributed by atoms with Crippen LogP contribution in [0.4, 0.5) is 0 Å². The first-order valence-corrected chi connectivity index (χ1v) is 7.88. The van der Waals surface area contributed by atoms with E-state index >= 15 is 0 Å². The van der Waals surface area contributed by atoms with Crippen LogP contribution in [0.3, 0.4) is 0 Å². The molecule has 1 rings (SSSR count). The van der Waals surface area contributed by atoms with Gasteiger partial charge in [0.15, 0.2) is 0 Å². The maximum atomic E-state index is 12.8. The number of benzene rings is 1. The Balaban J connectivity index is 3.01. The number of methoxy groups -OCH3 is 1. The standard InChI is InChI=1S/C16H22Cl2N2O3/c1-10(16(22)23-5)9-20(4)15(21)14(19(2)3)11-6-12(17)8-13(18)7-11/h6-8,10,14H,9H2,1-5H3/t10-,14+/m0/s1. The van der Waals surface area contributed by atoms with Crippen LogP contribution in [0.2, 0.25) is 10.0 Å². The van der Waals surface area contributed by atoms with Crippen molar-refractivity contribution in [1.82, 2.24) is 9.80 Å². The first kappa shape index (κ1) is 19.7. The summed E-state index contributed by atoms with van der Waals surface area (Å²) >= 11 is 12.1. The predicted octanol–water partition coefficient (Wildman–Crippen LogP) is 2.86. The van der Waals surface area contributed by atoms with Crippen LogP contribution in [0.15, 0.2) is 18.2 Å². The van der Waals surface area contributed by atoms with Crippen molar-refractivity contribution in [1.29, 1.82) is 0 Å². The fourth-order valence-electron chi connectivity index (χ4n) is 2.38. The Labute approximate surface area is 147 Å². The third kappa shape index (κ3) is 5.37. The van der Waals surface area contributed by atoms with Crippen molar-refractivity contribution in [2.75, 3.05) is 34.8 Å². The molecule has 0 heterocycles. The van der Waals surface area contributed by atoms with Crippen molar-refractivity contribution in [2.24, 2.45) is 5.92 Å². The van der Waals surface area contributed by atoms with Gasteiger partial charge in [0.25, 0.3) is 0 Å². The molecule has 1 aromatic carbocycles. The average Bonchev–Trinajstić information content (AvgIpc) is 2.44. The fourth-order valence-corrected chi connectivity index (χ4v) is 2.92. The molecule has 0 saturated carbocycles. The van der Waals surface area contributed by atoms with Crippen molar-refractivity contribution in [3.8, 4) is 0 Å². The molecule has 0 bridgehead atoms. The molecule has 0 fully saturated rings. The van der Waals surface area contributed by atoms with Gasteiger partial charge in [-0.2, -0.15) is 0 Å². The van der Waals surface area contributed by atoms with Crippen LogP contribution >= 0.6 is 23.2 Å². The highest BCUT2D eigenvalue weighted by Gasteiger charge is 2.28. The van der Waals surface area contributed by atoms with E-state index in [0.717, 1.165) is 0 Å². The Hall–Kier alpha value is -1.30. The van der Waals surface area contributed by atoms with E-state index in [0.29, 0.717) is 15.6 Å². The minimum absolute atomic E-state index is 0.149. The van der Waals surface area contributed by atoms with Gasteiger partial charge in [0, 0.05) is 23.6 Å². The smallest absolute Gasteiger partial charge is 0.310 e. The van der Waals surface area contributed by atoms with Crippen LogP contribution in [0, 0.1) is 5.92 Å². The molecule has 0 N–H and O–H groups in total. The highest BCUT2D eigenvalue weighted by molar-refractivity contribution is 6.34. The van der Waals surface area contributed by atoms with Crippen LogP contribution in [0.25, 0.3) is 0 Å². The van der Waals surface area contributed by atoms with Crippen molar-refractivity contribution in [2.45, 2.75) is 13.0 Å². The number of halogens is 2. The first-order chi connectivity index (χ1) is 10.7. The lowest BCUT2D eigenvalue weighted by Gasteiger charge is -2.29. The molecular formula is C16H22Cl2N2O3. The summed E-state index contributed by atoms with van der Waals surface area (Å²) in [5.41, 5.74) is 0.704. The van der Waals surface area contributed by atoms with Gasteiger partial charge in [-0.3, -0.25) is 14.5 Å². The molecule has 0 unspecified atom stereocenters. The summed E-state index contributed by atoms with van der Waals surface area (Å²) in [6, 6.07) is 4.51. The lowest BCUT2D eigenvalue weighted by Crippen LogP contribution is -2.41. The quantitative estimate of drug-likeness (QED) is 0.731. The van der Waals surface area contributed by atoms with Crippen LogP contribution in [-0.2, 0) is 14.3 Å². The number of ether oxygens (including phenoxy) is 1. The highest BCUT2D eigenvalue weighted by atomic mass is 35.5. The number of carbonyl (C=O) groups is 2. The van der Waals surface area contributed by atoms with E-state index in [-0.39, 0.29) is 18.4 Å². The number of likely N-dealkylation sites (N-methyl/N-ethyl adjacent to an activating group) is 2. The molecule has 23 heavy (non-hydrogen) atoms. The van der Waals surface area contributed by atoms with Gasteiger partial charge in [-0.15, -0.1) is 0 Å². The minimum atomic E-state index is -0.541. The molecule has 0 radical (unpaired) electrons. The molecule has 0 spiro atoms. The number of amides is 1. The molecule has 1 amide bonds. The van der Waals surface area contributed by atoms with Gasteiger partial charge in [0.2, 0.25) is 5.91 Å². The summed E-state index contributed by atoms with van der Waals surface area (Å²) in [7, 11) is 6.59. The first-order valence-electron chi connectivity index (χ1n) is 7.12. The normalized spacial score (nSPS) is 13.6. The molecular weight excluding hydrogens is 339 g/mol. The Morgan fingerprint density at radius 1 is 1.13 bits per heavy atom. The maximum Gasteiger partial charge on any atom is 0.310 e. The van der Waals surface area contributed by atoms with Gasteiger partial charge in [0.05, 0.1) is 13.0 Å². The summed E-state index contributed by atoms with van der Waals surface area (Å²) in [4.78, 5) is 27.6. The van der Waals surface area contributed by atoms with Gasteiger partial charge < -0.3 is 9.64 Å². The Morgan fingerprint density at radius 3 is 2.09 bits per heavy atom. The molecule has 0 saturated heterocycles. The van der Waals surface area contributed by atoms with Crippen LogP contribution in [-0.4, -0.2) is 56.5 Å². The summed E-state index contributed by atoms with van der Waals surface area (Å²) in [6.07, 6.45) is 0. The summed E-state index contributed by atoms with van der Waals surface area (Å²) in [5, 5.41) is 0.940. The van der Waals surface area contributed by atoms with E-state index in [4.69, 9.17) is 27.9 Å². The number of esters is 1. The number of carbonyl (C=O) groups excluding carboxylic acids is 2. The monoisotopic (exact) mass is 360 g/mol. The van der Waals surface area contributed by atoms with E-state index in [1.807, 2.05) is 0 Å². The van der Waals surface area contributed by atoms with E-state index < -0.39 is 12.0 Å². The summed E-state index contributed by atoms with van der Waals surface area (Å²) < 4.78 is 4.69.